The Morgan fingerprint density at radius 2 is 1.79 bits per heavy atom. The number of hydrogen-bond acceptors (Lipinski definition) is 3. The maximum atomic E-state index is 11.8. The number of carboxylic acids is 1. The number of carboxylic acid groups (broad SMARTS) is 1. The molecule has 19 heavy (non-hydrogen) atoms. The molecule has 0 bridgehead atoms. The Hall–Kier alpha value is -1.10. The van der Waals surface area contributed by atoms with E-state index in [1.54, 1.807) is 0 Å². The van der Waals surface area contributed by atoms with Gasteiger partial charge in [0.1, 0.15) is 0 Å². The average molecular weight is 271 g/mol. The lowest BCUT2D eigenvalue weighted by Crippen LogP contribution is -2.42. The zero-order valence-electron chi connectivity index (χ0n) is 11.7. The third-order valence-electron chi connectivity index (χ3n) is 3.65. The van der Waals surface area contributed by atoms with Gasteiger partial charge in [0, 0.05) is 13.0 Å². The zero-order chi connectivity index (χ0) is 14.3. The van der Waals surface area contributed by atoms with Crippen LogP contribution in [0.3, 0.4) is 0 Å². The number of aliphatic hydroxyl groups is 1. The summed E-state index contributed by atoms with van der Waals surface area (Å²) in [6.07, 6.45) is 7.21. The fourth-order valence-corrected chi connectivity index (χ4v) is 2.58. The molecule has 1 saturated carbocycles. The first-order valence-corrected chi connectivity index (χ1v) is 7.10. The van der Waals surface area contributed by atoms with E-state index in [1.807, 2.05) is 0 Å². The Kier molecular flexibility index (Phi) is 6.28. The van der Waals surface area contributed by atoms with Gasteiger partial charge in [0.25, 0.3) is 0 Å². The molecular weight excluding hydrogens is 246 g/mol. The van der Waals surface area contributed by atoms with Gasteiger partial charge in [-0.25, -0.2) is 0 Å². The Balaban J connectivity index is 2.28. The lowest BCUT2D eigenvalue weighted by atomic mass is 9.96. The van der Waals surface area contributed by atoms with Crippen LogP contribution >= 0.6 is 0 Å². The highest BCUT2D eigenvalue weighted by molar-refractivity contribution is 5.76. The van der Waals surface area contributed by atoms with E-state index in [9.17, 15) is 14.7 Å². The van der Waals surface area contributed by atoms with Crippen molar-refractivity contribution in [1.29, 1.82) is 0 Å². The molecule has 5 nitrogen and oxygen atoms in total. The van der Waals surface area contributed by atoms with E-state index in [-0.39, 0.29) is 18.9 Å². The molecule has 1 unspecified atom stereocenters. The van der Waals surface area contributed by atoms with Crippen molar-refractivity contribution in [1.82, 2.24) is 5.32 Å². The van der Waals surface area contributed by atoms with Crippen LogP contribution in [-0.4, -0.2) is 34.2 Å². The molecule has 0 aromatic rings. The SMILES string of the molecule is CC(O)(CNC(=O)CC1CCCCCC1)CC(=O)O. The van der Waals surface area contributed by atoms with Crippen LogP contribution in [0.5, 0.6) is 0 Å². The topological polar surface area (TPSA) is 86.6 Å². The summed E-state index contributed by atoms with van der Waals surface area (Å²) >= 11 is 0. The summed E-state index contributed by atoms with van der Waals surface area (Å²) in [7, 11) is 0. The Morgan fingerprint density at radius 3 is 2.32 bits per heavy atom. The van der Waals surface area contributed by atoms with Crippen molar-refractivity contribution in [3.8, 4) is 0 Å². The van der Waals surface area contributed by atoms with Crippen molar-refractivity contribution in [3.05, 3.63) is 0 Å². The highest BCUT2D eigenvalue weighted by Crippen LogP contribution is 2.25. The fourth-order valence-electron chi connectivity index (χ4n) is 2.58. The van der Waals surface area contributed by atoms with E-state index < -0.39 is 11.6 Å². The maximum absolute atomic E-state index is 11.8. The minimum atomic E-state index is -1.38. The van der Waals surface area contributed by atoms with Crippen LogP contribution < -0.4 is 5.32 Å². The van der Waals surface area contributed by atoms with Crippen LogP contribution in [0.25, 0.3) is 0 Å². The van der Waals surface area contributed by atoms with Gasteiger partial charge in [0.15, 0.2) is 0 Å². The molecule has 0 radical (unpaired) electrons. The number of carbonyl (C=O) groups excluding carboxylic acids is 1. The molecule has 0 aromatic heterocycles. The average Bonchev–Trinajstić information content (AvgIpc) is 2.53. The van der Waals surface area contributed by atoms with Crippen molar-refractivity contribution in [2.24, 2.45) is 5.92 Å². The zero-order valence-corrected chi connectivity index (χ0v) is 11.7. The highest BCUT2D eigenvalue weighted by atomic mass is 16.4. The number of amides is 1. The van der Waals surface area contributed by atoms with Crippen LogP contribution in [0, 0.1) is 5.92 Å². The van der Waals surface area contributed by atoms with Gasteiger partial charge < -0.3 is 15.5 Å². The molecule has 3 N–H and O–H groups in total. The first-order valence-electron chi connectivity index (χ1n) is 7.10. The van der Waals surface area contributed by atoms with E-state index in [2.05, 4.69) is 5.32 Å². The van der Waals surface area contributed by atoms with Gasteiger partial charge >= 0.3 is 5.97 Å². The van der Waals surface area contributed by atoms with Gasteiger partial charge in [0.2, 0.25) is 5.91 Å². The van der Waals surface area contributed by atoms with E-state index >= 15 is 0 Å². The fraction of sp³-hybridized carbons (Fsp3) is 0.857. The van der Waals surface area contributed by atoms with E-state index in [1.165, 1.54) is 32.6 Å². The summed E-state index contributed by atoms with van der Waals surface area (Å²) < 4.78 is 0. The van der Waals surface area contributed by atoms with Crippen molar-refractivity contribution >= 4 is 11.9 Å². The van der Waals surface area contributed by atoms with Gasteiger partial charge in [-0.05, 0) is 25.7 Å². The second-order valence-electron chi connectivity index (χ2n) is 5.91. The molecular formula is C14H25NO4. The molecule has 0 spiro atoms. The lowest BCUT2D eigenvalue weighted by molar-refractivity contribution is -0.142. The van der Waals surface area contributed by atoms with Gasteiger partial charge in [-0.1, -0.05) is 25.7 Å². The molecule has 0 aliphatic heterocycles. The molecule has 1 fully saturated rings. The quantitative estimate of drug-likeness (QED) is 0.642. The number of hydrogen-bond donors (Lipinski definition) is 3. The standard InChI is InChI=1S/C14H25NO4/c1-14(19,9-13(17)18)10-15-12(16)8-11-6-4-2-3-5-7-11/h11,19H,2-10H2,1H3,(H,15,16)(H,17,18). The van der Waals surface area contributed by atoms with Crippen LogP contribution in [-0.2, 0) is 9.59 Å². The summed E-state index contributed by atoms with van der Waals surface area (Å²) in [5.41, 5.74) is -1.38. The van der Waals surface area contributed by atoms with E-state index in [0.717, 1.165) is 12.8 Å². The summed E-state index contributed by atoms with van der Waals surface area (Å²) in [5, 5.41) is 21.1. The minimum absolute atomic E-state index is 0.00907. The summed E-state index contributed by atoms with van der Waals surface area (Å²) in [6, 6.07) is 0. The molecule has 1 aliphatic rings. The van der Waals surface area contributed by atoms with Crippen LogP contribution in [0.15, 0.2) is 0 Å². The van der Waals surface area contributed by atoms with E-state index in [0.29, 0.717) is 12.3 Å². The smallest absolute Gasteiger partial charge is 0.306 e. The normalized spacial score (nSPS) is 20.3. The first-order chi connectivity index (χ1) is 8.89. The number of rotatable bonds is 6. The second-order valence-corrected chi connectivity index (χ2v) is 5.91. The largest absolute Gasteiger partial charge is 0.481 e. The number of aliphatic carboxylic acids is 1. The maximum Gasteiger partial charge on any atom is 0.306 e. The van der Waals surface area contributed by atoms with Crippen molar-refractivity contribution in [3.63, 3.8) is 0 Å². The predicted octanol–water partition coefficient (Wildman–Crippen LogP) is 1.69. The van der Waals surface area contributed by atoms with Gasteiger partial charge in [-0.15, -0.1) is 0 Å². The molecule has 110 valence electrons. The lowest BCUT2D eigenvalue weighted by Gasteiger charge is -2.22. The molecule has 0 heterocycles. The molecule has 1 aliphatic carbocycles. The molecule has 0 saturated heterocycles. The summed E-state index contributed by atoms with van der Waals surface area (Å²) in [6.45, 7) is 1.41. The van der Waals surface area contributed by atoms with Crippen molar-refractivity contribution in [2.45, 2.75) is 63.9 Å². The third kappa shape index (κ3) is 7.15. The molecule has 1 amide bonds. The molecule has 0 aromatic carbocycles. The van der Waals surface area contributed by atoms with Crippen LogP contribution in [0.2, 0.25) is 0 Å². The second kappa shape index (κ2) is 7.48. The minimum Gasteiger partial charge on any atom is -0.481 e. The van der Waals surface area contributed by atoms with Crippen LogP contribution in [0.4, 0.5) is 0 Å². The highest BCUT2D eigenvalue weighted by Gasteiger charge is 2.25. The summed E-state index contributed by atoms with van der Waals surface area (Å²) in [5.74, 6) is -0.715. The Morgan fingerprint density at radius 1 is 1.21 bits per heavy atom. The van der Waals surface area contributed by atoms with Gasteiger partial charge in [-0.2, -0.15) is 0 Å². The molecule has 5 heteroatoms. The van der Waals surface area contributed by atoms with Gasteiger partial charge in [-0.3, -0.25) is 9.59 Å². The molecule has 1 rings (SSSR count). The van der Waals surface area contributed by atoms with E-state index in [4.69, 9.17) is 5.11 Å². The molecule has 1 atom stereocenters. The van der Waals surface area contributed by atoms with Crippen molar-refractivity contribution in [2.75, 3.05) is 6.54 Å². The third-order valence-corrected chi connectivity index (χ3v) is 3.65. The Bertz CT molecular complexity index is 307. The first kappa shape index (κ1) is 16.0. The van der Waals surface area contributed by atoms with Gasteiger partial charge in [0.05, 0.1) is 12.0 Å². The monoisotopic (exact) mass is 271 g/mol. The summed E-state index contributed by atoms with van der Waals surface area (Å²) in [4.78, 5) is 22.3. The Labute approximate surface area is 114 Å². The number of nitrogens with one attached hydrogen (secondary N) is 1. The number of carbonyl (C=O) groups is 2. The predicted molar refractivity (Wildman–Crippen MR) is 71.7 cm³/mol. The van der Waals surface area contributed by atoms with Crippen LogP contribution in [0.1, 0.15) is 58.3 Å². The van der Waals surface area contributed by atoms with Crippen molar-refractivity contribution < 1.29 is 19.8 Å².